The van der Waals surface area contributed by atoms with Crippen molar-refractivity contribution in [2.24, 2.45) is 0 Å². The summed E-state index contributed by atoms with van der Waals surface area (Å²) in [6.45, 7) is 0.846. The first kappa shape index (κ1) is 19.3. The summed E-state index contributed by atoms with van der Waals surface area (Å²) in [5.41, 5.74) is 2.08. The number of hydrogen-bond acceptors (Lipinski definition) is 5. The predicted molar refractivity (Wildman–Crippen MR) is 97.2 cm³/mol. The molecule has 1 aliphatic heterocycles. The molecule has 1 aliphatic rings. The molecule has 2 unspecified atom stereocenters. The van der Waals surface area contributed by atoms with E-state index in [0.717, 1.165) is 17.5 Å². The summed E-state index contributed by atoms with van der Waals surface area (Å²) in [6, 6.07) is 11.5. The Labute approximate surface area is 158 Å². The third-order valence-electron chi connectivity index (χ3n) is 4.62. The van der Waals surface area contributed by atoms with Crippen molar-refractivity contribution in [1.82, 2.24) is 0 Å². The second-order valence-corrected chi connectivity index (χ2v) is 6.44. The Morgan fingerprint density at radius 2 is 1.96 bits per heavy atom. The van der Waals surface area contributed by atoms with Gasteiger partial charge in [0, 0.05) is 26.2 Å². The smallest absolute Gasteiger partial charge is 0.337 e. The Morgan fingerprint density at radius 3 is 2.67 bits per heavy atom. The van der Waals surface area contributed by atoms with Crippen LogP contribution in [0.25, 0.3) is 0 Å². The second-order valence-electron chi connectivity index (χ2n) is 6.44. The van der Waals surface area contributed by atoms with Crippen molar-refractivity contribution >= 4 is 5.97 Å². The van der Waals surface area contributed by atoms with E-state index in [-0.39, 0.29) is 30.6 Å². The van der Waals surface area contributed by atoms with Gasteiger partial charge in [-0.1, -0.05) is 12.1 Å². The molecule has 0 aliphatic carbocycles. The van der Waals surface area contributed by atoms with Crippen molar-refractivity contribution in [3.63, 3.8) is 0 Å². The molecular weight excluding hydrogens is 351 g/mol. The van der Waals surface area contributed by atoms with Crippen molar-refractivity contribution in [2.45, 2.75) is 31.7 Å². The molecule has 27 heavy (non-hydrogen) atoms. The fourth-order valence-corrected chi connectivity index (χ4v) is 3.09. The third-order valence-corrected chi connectivity index (χ3v) is 4.62. The zero-order chi connectivity index (χ0) is 19.2. The lowest BCUT2D eigenvalue weighted by molar-refractivity contribution is -0.0600. The second kappa shape index (κ2) is 8.97. The first-order valence-electron chi connectivity index (χ1n) is 8.84. The van der Waals surface area contributed by atoms with Crippen LogP contribution < -0.4 is 4.74 Å². The largest absolute Gasteiger partial charge is 0.489 e. The van der Waals surface area contributed by atoms with E-state index in [1.54, 1.807) is 37.4 Å². The van der Waals surface area contributed by atoms with Gasteiger partial charge in [0.15, 0.2) is 0 Å². The number of esters is 1. The lowest BCUT2D eigenvalue weighted by Crippen LogP contribution is -2.25. The molecule has 3 rings (SSSR count). The highest BCUT2D eigenvalue weighted by atomic mass is 19.1. The molecule has 2 aromatic rings. The molecule has 0 radical (unpaired) electrons. The molecule has 6 heteroatoms. The van der Waals surface area contributed by atoms with Gasteiger partial charge in [0.2, 0.25) is 0 Å². The van der Waals surface area contributed by atoms with Crippen LogP contribution in [0.15, 0.2) is 42.5 Å². The summed E-state index contributed by atoms with van der Waals surface area (Å²) < 4.78 is 35.6. The maximum atomic E-state index is 14.1. The molecule has 144 valence electrons. The minimum Gasteiger partial charge on any atom is -0.489 e. The zero-order valence-corrected chi connectivity index (χ0v) is 15.4. The molecule has 0 bridgehead atoms. The van der Waals surface area contributed by atoms with Gasteiger partial charge < -0.3 is 18.9 Å². The SMILES string of the molecule is COC(=O)c1ccc(COc2cc(F)cc(C3CC(OC)CCO3)c2)cc1. The van der Waals surface area contributed by atoms with Crippen LogP contribution in [0.5, 0.6) is 5.75 Å². The standard InChI is InChI=1S/C21H23FO5/c1-24-18-7-8-26-20(12-18)16-9-17(22)11-19(10-16)27-13-14-3-5-15(6-4-14)21(23)25-2/h3-6,9-11,18,20H,7-8,12-13H2,1-2H3. The van der Waals surface area contributed by atoms with Crippen molar-refractivity contribution in [1.29, 1.82) is 0 Å². The molecule has 2 aromatic carbocycles. The molecular formula is C21H23FO5. The van der Waals surface area contributed by atoms with Gasteiger partial charge in [-0.2, -0.15) is 0 Å². The quantitative estimate of drug-likeness (QED) is 0.714. The lowest BCUT2D eigenvalue weighted by atomic mass is 9.99. The third kappa shape index (κ3) is 5.05. The van der Waals surface area contributed by atoms with Crippen LogP contribution in [0, 0.1) is 5.82 Å². The molecule has 0 aromatic heterocycles. The van der Waals surface area contributed by atoms with Gasteiger partial charge in [-0.15, -0.1) is 0 Å². The molecule has 1 fully saturated rings. The van der Waals surface area contributed by atoms with Gasteiger partial charge in [0.1, 0.15) is 18.2 Å². The van der Waals surface area contributed by atoms with Crippen molar-refractivity contribution in [2.75, 3.05) is 20.8 Å². The Hall–Kier alpha value is -2.44. The van der Waals surface area contributed by atoms with Crippen LogP contribution >= 0.6 is 0 Å². The molecule has 5 nitrogen and oxygen atoms in total. The van der Waals surface area contributed by atoms with E-state index in [4.69, 9.17) is 14.2 Å². The van der Waals surface area contributed by atoms with Crippen LogP contribution in [-0.4, -0.2) is 32.9 Å². The maximum absolute atomic E-state index is 14.1. The predicted octanol–water partition coefficient (Wildman–Crippen LogP) is 4.06. The topological polar surface area (TPSA) is 54.0 Å². The molecule has 0 spiro atoms. The van der Waals surface area contributed by atoms with Crippen LogP contribution in [0.2, 0.25) is 0 Å². The minimum atomic E-state index is -0.390. The van der Waals surface area contributed by atoms with E-state index in [9.17, 15) is 9.18 Å². The number of carbonyl (C=O) groups excluding carboxylic acids is 1. The maximum Gasteiger partial charge on any atom is 0.337 e. The fraction of sp³-hybridized carbons (Fsp3) is 0.381. The van der Waals surface area contributed by atoms with E-state index in [0.29, 0.717) is 24.3 Å². The van der Waals surface area contributed by atoms with E-state index < -0.39 is 0 Å². The first-order valence-corrected chi connectivity index (χ1v) is 8.84. The van der Waals surface area contributed by atoms with Gasteiger partial charge >= 0.3 is 5.97 Å². The van der Waals surface area contributed by atoms with Crippen LogP contribution in [0.4, 0.5) is 4.39 Å². The van der Waals surface area contributed by atoms with Gasteiger partial charge in [0.05, 0.1) is 24.9 Å². The van der Waals surface area contributed by atoms with Gasteiger partial charge in [-0.25, -0.2) is 9.18 Å². The summed E-state index contributed by atoms with van der Waals surface area (Å²) in [7, 11) is 3.02. The van der Waals surface area contributed by atoms with E-state index >= 15 is 0 Å². The molecule has 0 N–H and O–H groups in total. The number of carbonyl (C=O) groups is 1. The van der Waals surface area contributed by atoms with Gasteiger partial charge in [0.25, 0.3) is 0 Å². The summed E-state index contributed by atoms with van der Waals surface area (Å²) in [5.74, 6) is -0.323. The average Bonchev–Trinajstić information content (AvgIpc) is 2.71. The summed E-state index contributed by atoms with van der Waals surface area (Å²) in [4.78, 5) is 11.5. The Morgan fingerprint density at radius 1 is 1.19 bits per heavy atom. The monoisotopic (exact) mass is 374 g/mol. The van der Waals surface area contributed by atoms with Crippen LogP contribution in [0.1, 0.15) is 40.4 Å². The number of ether oxygens (including phenoxy) is 4. The number of halogens is 1. The van der Waals surface area contributed by atoms with Crippen molar-refractivity contribution in [3.05, 3.63) is 65.0 Å². The highest BCUT2D eigenvalue weighted by molar-refractivity contribution is 5.89. The zero-order valence-electron chi connectivity index (χ0n) is 15.4. The highest BCUT2D eigenvalue weighted by Gasteiger charge is 2.24. The molecule has 0 saturated carbocycles. The number of methoxy groups -OCH3 is 2. The van der Waals surface area contributed by atoms with Crippen molar-refractivity contribution < 1.29 is 28.1 Å². The normalized spacial score (nSPS) is 19.5. The van der Waals surface area contributed by atoms with Crippen LogP contribution in [0.3, 0.4) is 0 Å². The van der Waals surface area contributed by atoms with Gasteiger partial charge in [-0.05, 0) is 41.8 Å². The molecule has 1 heterocycles. The average molecular weight is 374 g/mol. The summed E-state index contributed by atoms with van der Waals surface area (Å²) in [6.07, 6.45) is 1.44. The Bertz CT molecular complexity index is 775. The molecule has 1 saturated heterocycles. The Kier molecular flexibility index (Phi) is 6.42. The highest BCUT2D eigenvalue weighted by Crippen LogP contribution is 2.32. The Balaban J connectivity index is 1.66. The number of hydrogen-bond donors (Lipinski definition) is 0. The van der Waals surface area contributed by atoms with Gasteiger partial charge in [-0.3, -0.25) is 0 Å². The lowest BCUT2D eigenvalue weighted by Gasteiger charge is -2.29. The van der Waals surface area contributed by atoms with E-state index in [1.165, 1.54) is 19.2 Å². The van der Waals surface area contributed by atoms with Crippen molar-refractivity contribution in [3.8, 4) is 5.75 Å². The minimum absolute atomic E-state index is 0.115. The van der Waals surface area contributed by atoms with E-state index in [1.807, 2.05) is 0 Å². The van der Waals surface area contributed by atoms with Crippen LogP contribution in [-0.2, 0) is 20.8 Å². The number of benzene rings is 2. The summed E-state index contributed by atoms with van der Waals surface area (Å²) >= 11 is 0. The number of rotatable bonds is 6. The van der Waals surface area contributed by atoms with E-state index in [2.05, 4.69) is 4.74 Å². The molecule has 0 amide bonds. The fourth-order valence-electron chi connectivity index (χ4n) is 3.09. The first-order chi connectivity index (χ1) is 13.1. The summed E-state index contributed by atoms with van der Waals surface area (Å²) in [5, 5.41) is 0. The molecule has 2 atom stereocenters.